The highest BCUT2D eigenvalue weighted by atomic mass is 79.9. The number of likely N-dealkylation sites (tertiary alicyclic amines) is 1. The van der Waals surface area contributed by atoms with E-state index in [9.17, 15) is 4.79 Å². The maximum Gasteiger partial charge on any atom is 0.255 e. The molecule has 1 aromatic carbocycles. The molecule has 0 aliphatic carbocycles. The van der Waals surface area contributed by atoms with E-state index in [-0.39, 0.29) is 18.3 Å². The number of rotatable bonds is 1. The first kappa shape index (κ1) is 16.1. The highest BCUT2D eigenvalue weighted by Gasteiger charge is 2.31. The molecule has 1 aromatic rings. The van der Waals surface area contributed by atoms with Gasteiger partial charge >= 0.3 is 0 Å². The Labute approximate surface area is 138 Å². The van der Waals surface area contributed by atoms with E-state index in [0.29, 0.717) is 22.7 Å². The second kappa shape index (κ2) is 6.65. The maximum absolute atomic E-state index is 12.6. The number of benzene rings is 1. The van der Waals surface area contributed by atoms with Gasteiger partial charge in [-0.2, -0.15) is 0 Å². The monoisotopic (exact) mass is 378 g/mol. The SMILES string of the molecule is Cl.O=C(c1cc(Cl)ccc1Br)N1CCC2CCC(C1)N2. The standard InChI is InChI=1S/C14H16BrClN2O.ClH/c15-13-4-1-9(16)7-12(13)14(19)18-6-5-10-2-3-11(8-18)17-10;/h1,4,7,10-11,17H,2-3,5-6,8H2;1H. The van der Waals surface area contributed by atoms with Crippen LogP contribution in [0.1, 0.15) is 29.6 Å². The van der Waals surface area contributed by atoms with Crippen molar-refractivity contribution in [2.45, 2.75) is 31.3 Å². The van der Waals surface area contributed by atoms with E-state index in [1.54, 1.807) is 12.1 Å². The summed E-state index contributed by atoms with van der Waals surface area (Å²) in [6.45, 7) is 1.63. The third-order valence-corrected chi connectivity index (χ3v) is 4.90. The van der Waals surface area contributed by atoms with Gasteiger partial charge in [0.05, 0.1) is 5.56 Å². The predicted molar refractivity (Wildman–Crippen MR) is 86.9 cm³/mol. The van der Waals surface area contributed by atoms with Crippen molar-refractivity contribution in [2.75, 3.05) is 13.1 Å². The molecule has 0 spiro atoms. The molecule has 2 heterocycles. The minimum atomic E-state index is 0. The van der Waals surface area contributed by atoms with Crippen LogP contribution in [0.5, 0.6) is 0 Å². The zero-order valence-electron chi connectivity index (χ0n) is 10.9. The van der Waals surface area contributed by atoms with Gasteiger partial charge in [0.25, 0.3) is 5.91 Å². The smallest absolute Gasteiger partial charge is 0.255 e. The first-order valence-corrected chi connectivity index (χ1v) is 7.81. The molecule has 2 fully saturated rings. The minimum Gasteiger partial charge on any atom is -0.337 e. The molecule has 0 radical (unpaired) electrons. The molecular formula is C14H17BrCl2N2O. The van der Waals surface area contributed by atoms with E-state index < -0.39 is 0 Å². The summed E-state index contributed by atoms with van der Waals surface area (Å²) in [5.41, 5.74) is 0.658. The molecule has 2 unspecified atom stereocenters. The van der Waals surface area contributed by atoms with Gasteiger partial charge in [0, 0.05) is 34.7 Å². The summed E-state index contributed by atoms with van der Waals surface area (Å²) in [6, 6.07) is 6.40. The lowest BCUT2D eigenvalue weighted by Gasteiger charge is -2.24. The number of amides is 1. The largest absolute Gasteiger partial charge is 0.337 e. The summed E-state index contributed by atoms with van der Waals surface area (Å²) >= 11 is 9.43. The van der Waals surface area contributed by atoms with Gasteiger partial charge in [0.2, 0.25) is 0 Å². The van der Waals surface area contributed by atoms with Gasteiger partial charge in [-0.15, -0.1) is 12.4 Å². The lowest BCUT2D eigenvalue weighted by molar-refractivity contribution is 0.0747. The van der Waals surface area contributed by atoms with Crippen LogP contribution in [-0.4, -0.2) is 36.0 Å². The van der Waals surface area contributed by atoms with Crippen LogP contribution in [-0.2, 0) is 0 Å². The Balaban J connectivity index is 0.00000147. The summed E-state index contributed by atoms with van der Waals surface area (Å²) in [5.74, 6) is 0.0729. The van der Waals surface area contributed by atoms with Crippen molar-refractivity contribution in [1.82, 2.24) is 10.2 Å². The Hall–Kier alpha value is -0.290. The molecule has 2 saturated heterocycles. The van der Waals surface area contributed by atoms with Gasteiger partial charge in [-0.1, -0.05) is 11.6 Å². The Morgan fingerprint density at radius 2 is 2.05 bits per heavy atom. The Kier molecular flexibility index (Phi) is 5.35. The summed E-state index contributed by atoms with van der Waals surface area (Å²) < 4.78 is 0.810. The number of halogens is 3. The quantitative estimate of drug-likeness (QED) is 0.809. The van der Waals surface area contributed by atoms with Crippen molar-refractivity contribution < 1.29 is 4.79 Å². The molecule has 2 bridgehead atoms. The number of nitrogens with one attached hydrogen (secondary N) is 1. The molecule has 3 nitrogen and oxygen atoms in total. The number of hydrogen-bond acceptors (Lipinski definition) is 2. The molecule has 110 valence electrons. The van der Waals surface area contributed by atoms with Crippen LogP contribution in [0.15, 0.2) is 22.7 Å². The Morgan fingerprint density at radius 1 is 1.30 bits per heavy atom. The van der Waals surface area contributed by atoms with Crippen molar-refractivity contribution in [3.05, 3.63) is 33.3 Å². The third-order valence-electron chi connectivity index (χ3n) is 3.97. The van der Waals surface area contributed by atoms with Crippen LogP contribution >= 0.6 is 39.9 Å². The fourth-order valence-corrected chi connectivity index (χ4v) is 3.55. The molecule has 2 atom stereocenters. The van der Waals surface area contributed by atoms with Gasteiger partial charge in [-0.25, -0.2) is 0 Å². The molecule has 2 aliphatic rings. The average molecular weight is 380 g/mol. The molecule has 6 heteroatoms. The molecule has 1 amide bonds. The van der Waals surface area contributed by atoms with Crippen molar-refractivity contribution >= 4 is 45.8 Å². The normalized spacial score (nSPS) is 25.0. The fourth-order valence-electron chi connectivity index (χ4n) is 2.96. The van der Waals surface area contributed by atoms with Gasteiger partial charge < -0.3 is 10.2 Å². The molecule has 20 heavy (non-hydrogen) atoms. The van der Waals surface area contributed by atoms with E-state index in [0.717, 1.165) is 24.0 Å². The van der Waals surface area contributed by atoms with Crippen LogP contribution in [0, 0.1) is 0 Å². The van der Waals surface area contributed by atoms with E-state index in [1.807, 2.05) is 11.0 Å². The van der Waals surface area contributed by atoms with Crippen molar-refractivity contribution in [3.63, 3.8) is 0 Å². The first-order valence-electron chi connectivity index (χ1n) is 6.64. The zero-order chi connectivity index (χ0) is 13.4. The van der Waals surface area contributed by atoms with Gasteiger partial charge in [0.1, 0.15) is 0 Å². The second-order valence-electron chi connectivity index (χ2n) is 5.30. The van der Waals surface area contributed by atoms with Gasteiger partial charge in [0.15, 0.2) is 0 Å². The maximum atomic E-state index is 12.6. The number of carbonyl (C=O) groups is 1. The van der Waals surface area contributed by atoms with E-state index in [1.165, 1.54) is 12.8 Å². The minimum absolute atomic E-state index is 0. The van der Waals surface area contributed by atoms with Crippen molar-refractivity contribution in [3.8, 4) is 0 Å². The summed E-state index contributed by atoms with van der Waals surface area (Å²) in [5, 5.41) is 4.18. The van der Waals surface area contributed by atoms with E-state index in [2.05, 4.69) is 21.2 Å². The lowest BCUT2D eigenvalue weighted by Crippen LogP contribution is -2.39. The fraction of sp³-hybridized carbons (Fsp3) is 0.500. The number of fused-ring (bicyclic) bond motifs is 2. The highest BCUT2D eigenvalue weighted by molar-refractivity contribution is 9.10. The van der Waals surface area contributed by atoms with E-state index in [4.69, 9.17) is 11.6 Å². The molecule has 2 aliphatic heterocycles. The van der Waals surface area contributed by atoms with E-state index >= 15 is 0 Å². The van der Waals surface area contributed by atoms with Crippen LogP contribution < -0.4 is 5.32 Å². The van der Waals surface area contributed by atoms with Crippen LogP contribution in [0.2, 0.25) is 5.02 Å². The lowest BCUT2D eigenvalue weighted by atomic mass is 10.1. The summed E-state index contributed by atoms with van der Waals surface area (Å²) in [6.07, 6.45) is 3.46. The summed E-state index contributed by atoms with van der Waals surface area (Å²) in [7, 11) is 0. The Bertz CT molecular complexity index is 512. The topological polar surface area (TPSA) is 32.3 Å². The van der Waals surface area contributed by atoms with Crippen LogP contribution in [0.4, 0.5) is 0 Å². The molecule has 1 N–H and O–H groups in total. The predicted octanol–water partition coefficient (Wildman–Crippen LogP) is 3.49. The average Bonchev–Trinajstić information content (AvgIpc) is 2.71. The summed E-state index contributed by atoms with van der Waals surface area (Å²) in [4.78, 5) is 14.6. The van der Waals surface area contributed by atoms with Crippen molar-refractivity contribution in [1.29, 1.82) is 0 Å². The number of carbonyl (C=O) groups excluding carboxylic acids is 1. The highest BCUT2D eigenvalue weighted by Crippen LogP contribution is 2.25. The number of hydrogen-bond donors (Lipinski definition) is 1. The molecule has 3 rings (SSSR count). The number of nitrogens with zero attached hydrogens (tertiary/aromatic N) is 1. The third kappa shape index (κ3) is 3.30. The van der Waals surface area contributed by atoms with Gasteiger partial charge in [-0.05, 0) is 53.4 Å². The second-order valence-corrected chi connectivity index (χ2v) is 6.59. The molecular weight excluding hydrogens is 363 g/mol. The van der Waals surface area contributed by atoms with Crippen LogP contribution in [0.3, 0.4) is 0 Å². The van der Waals surface area contributed by atoms with Gasteiger partial charge in [-0.3, -0.25) is 4.79 Å². The Morgan fingerprint density at radius 3 is 2.85 bits per heavy atom. The molecule has 0 aromatic heterocycles. The zero-order valence-corrected chi connectivity index (χ0v) is 14.1. The van der Waals surface area contributed by atoms with Crippen LogP contribution in [0.25, 0.3) is 0 Å². The van der Waals surface area contributed by atoms with Crippen molar-refractivity contribution in [2.24, 2.45) is 0 Å². The first-order chi connectivity index (χ1) is 9.13. The molecule has 0 saturated carbocycles.